The van der Waals surface area contributed by atoms with Crippen molar-refractivity contribution in [1.82, 2.24) is 5.32 Å². The molecule has 1 aromatic carbocycles. The van der Waals surface area contributed by atoms with Crippen LogP contribution in [0.4, 0.5) is 0 Å². The molecule has 0 saturated heterocycles. The predicted octanol–water partition coefficient (Wildman–Crippen LogP) is 3.10. The largest absolute Gasteiger partial charge is 0.497 e. The number of furan rings is 1. The van der Waals surface area contributed by atoms with E-state index < -0.39 is 0 Å². The molecule has 0 atom stereocenters. The number of ether oxygens (including phenoxy) is 2. The summed E-state index contributed by atoms with van der Waals surface area (Å²) in [7, 11) is 1.63. The monoisotopic (exact) mass is 335 g/mol. The Labute approximate surface area is 140 Å². The highest BCUT2D eigenvalue weighted by Gasteiger charge is 2.03. The summed E-state index contributed by atoms with van der Waals surface area (Å²) in [5, 5.41) is 2.88. The third kappa shape index (κ3) is 6.80. The van der Waals surface area contributed by atoms with Gasteiger partial charge in [0, 0.05) is 18.0 Å². The third-order valence-corrected chi connectivity index (χ3v) is 4.05. The van der Waals surface area contributed by atoms with Crippen LogP contribution in [0.2, 0.25) is 0 Å². The number of methoxy groups -OCH3 is 1. The number of thioether (sulfide) groups is 1. The highest BCUT2D eigenvalue weighted by molar-refractivity contribution is 8.00. The highest BCUT2D eigenvalue weighted by Crippen LogP contribution is 2.20. The molecule has 0 saturated carbocycles. The molecule has 23 heavy (non-hydrogen) atoms. The number of amides is 1. The van der Waals surface area contributed by atoms with E-state index in [0.717, 1.165) is 22.8 Å². The van der Waals surface area contributed by atoms with Gasteiger partial charge < -0.3 is 19.2 Å². The van der Waals surface area contributed by atoms with Gasteiger partial charge in [-0.05, 0) is 42.8 Å². The van der Waals surface area contributed by atoms with Gasteiger partial charge in [0.15, 0.2) is 0 Å². The van der Waals surface area contributed by atoms with Crippen molar-refractivity contribution < 1.29 is 18.7 Å². The summed E-state index contributed by atoms with van der Waals surface area (Å²) < 4.78 is 15.7. The predicted molar refractivity (Wildman–Crippen MR) is 89.7 cm³/mol. The minimum atomic E-state index is 0.0249. The molecule has 124 valence electrons. The second-order valence-corrected chi connectivity index (χ2v) is 5.85. The fraction of sp³-hybridized carbons (Fsp3) is 0.353. The molecule has 0 fully saturated rings. The zero-order chi connectivity index (χ0) is 16.3. The van der Waals surface area contributed by atoms with Crippen LogP contribution in [0, 0.1) is 0 Å². The van der Waals surface area contributed by atoms with Crippen molar-refractivity contribution in [3.05, 3.63) is 48.4 Å². The Morgan fingerprint density at radius 2 is 2.09 bits per heavy atom. The van der Waals surface area contributed by atoms with Crippen LogP contribution in [0.25, 0.3) is 0 Å². The Hall–Kier alpha value is -1.92. The van der Waals surface area contributed by atoms with E-state index >= 15 is 0 Å². The Kier molecular flexibility index (Phi) is 7.56. The molecule has 0 radical (unpaired) electrons. The average Bonchev–Trinajstić information content (AvgIpc) is 3.10. The van der Waals surface area contributed by atoms with E-state index in [1.54, 1.807) is 13.4 Å². The van der Waals surface area contributed by atoms with Crippen molar-refractivity contribution in [2.45, 2.75) is 17.9 Å². The van der Waals surface area contributed by atoms with Gasteiger partial charge in [0.1, 0.15) is 18.1 Å². The van der Waals surface area contributed by atoms with Crippen LogP contribution in [0.15, 0.2) is 52.0 Å². The second-order valence-electron chi connectivity index (χ2n) is 4.80. The van der Waals surface area contributed by atoms with E-state index in [4.69, 9.17) is 13.9 Å². The Morgan fingerprint density at radius 3 is 2.78 bits per heavy atom. The van der Waals surface area contributed by atoms with Crippen LogP contribution in [0.3, 0.4) is 0 Å². The zero-order valence-electron chi connectivity index (χ0n) is 13.1. The lowest BCUT2D eigenvalue weighted by Crippen LogP contribution is -2.26. The van der Waals surface area contributed by atoms with Crippen molar-refractivity contribution in [2.75, 3.05) is 26.0 Å². The van der Waals surface area contributed by atoms with Crippen molar-refractivity contribution in [2.24, 2.45) is 0 Å². The molecular weight excluding hydrogens is 314 g/mol. The Balaban J connectivity index is 1.51. The molecule has 2 aromatic rings. The summed E-state index contributed by atoms with van der Waals surface area (Å²) in [6.45, 7) is 1.67. The van der Waals surface area contributed by atoms with Crippen LogP contribution < -0.4 is 10.1 Å². The van der Waals surface area contributed by atoms with Crippen LogP contribution >= 0.6 is 11.8 Å². The molecule has 0 aliphatic carbocycles. The maximum absolute atomic E-state index is 11.7. The van der Waals surface area contributed by atoms with E-state index in [0.29, 0.717) is 25.5 Å². The van der Waals surface area contributed by atoms with E-state index in [9.17, 15) is 4.79 Å². The van der Waals surface area contributed by atoms with Gasteiger partial charge in [0.2, 0.25) is 5.91 Å². The molecule has 0 bridgehead atoms. The maximum atomic E-state index is 11.7. The first-order valence-electron chi connectivity index (χ1n) is 7.41. The number of carbonyl (C=O) groups is 1. The summed E-state index contributed by atoms with van der Waals surface area (Å²) >= 11 is 1.50. The number of rotatable bonds is 10. The topological polar surface area (TPSA) is 60.7 Å². The van der Waals surface area contributed by atoms with Crippen molar-refractivity contribution >= 4 is 17.7 Å². The normalized spacial score (nSPS) is 10.5. The first-order chi connectivity index (χ1) is 11.3. The first kappa shape index (κ1) is 17.4. The molecule has 1 aromatic heterocycles. The molecule has 1 amide bonds. The molecule has 0 aliphatic heterocycles. The summed E-state index contributed by atoms with van der Waals surface area (Å²) in [5.41, 5.74) is 0. The number of carbonyl (C=O) groups excluding carboxylic acids is 1. The standard InChI is InChI=1S/C17H21NO4S/c1-20-14-5-7-16(8-6-14)23-13-17(19)18-9-3-10-21-12-15-4-2-11-22-15/h2,4-8,11H,3,9-10,12-13H2,1H3,(H,18,19). The average molecular weight is 335 g/mol. The van der Waals surface area contributed by atoms with Gasteiger partial charge in [-0.1, -0.05) is 0 Å². The summed E-state index contributed by atoms with van der Waals surface area (Å²) in [5.74, 6) is 2.05. The highest BCUT2D eigenvalue weighted by atomic mass is 32.2. The Morgan fingerprint density at radius 1 is 1.26 bits per heavy atom. The summed E-state index contributed by atoms with van der Waals surface area (Å²) in [4.78, 5) is 12.8. The molecule has 0 aliphatic rings. The van der Waals surface area contributed by atoms with E-state index in [2.05, 4.69) is 5.32 Å². The lowest BCUT2D eigenvalue weighted by atomic mass is 10.3. The van der Waals surface area contributed by atoms with Crippen molar-refractivity contribution in [3.8, 4) is 5.75 Å². The van der Waals surface area contributed by atoms with Gasteiger partial charge in [-0.15, -0.1) is 11.8 Å². The minimum absolute atomic E-state index is 0.0249. The van der Waals surface area contributed by atoms with Gasteiger partial charge in [0.25, 0.3) is 0 Å². The smallest absolute Gasteiger partial charge is 0.230 e. The fourth-order valence-corrected chi connectivity index (χ4v) is 2.57. The van der Waals surface area contributed by atoms with Gasteiger partial charge >= 0.3 is 0 Å². The lowest BCUT2D eigenvalue weighted by molar-refractivity contribution is -0.118. The molecule has 2 rings (SSSR count). The second kappa shape index (κ2) is 9.97. The van der Waals surface area contributed by atoms with E-state index in [1.807, 2.05) is 36.4 Å². The number of hydrogen-bond acceptors (Lipinski definition) is 5. The first-order valence-corrected chi connectivity index (χ1v) is 8.40. The van der Waals surface area contributed by atoms with Crippen molar-refractivity contribution in [1.29, 1.82) is 0 Å². The maximum Gasteiger partial charge on any atom is 0.230 e. The number of benzene rings is 1. The molecular formula is C17H21NO4S. The van der Waals surface area contributed by atoms with Crippen LogP contribution in [0.5, 0.6) is 5.75 Å². The van der Waals surface area contributed by atoms with E-state index in [-0.39, 0.29) is 5.91 Å². The third-order valence-electron chi connectivity index (χ3n) is 3.04. The van der Waals surface area contributed by atoms with Crippen molar-refractivity contribution in [3.63, 3.8) is 0 Å². The van der Waals surface area contributed by atoms with Gasteiger partial charge in [-0.25, -0.2) is 0 Å². The van der Waals surface area contributed by atoms with Gasteiger partial charge in [0.05, 0.1) is 19.1 Å². The molecule has 0 spiro atoms. The molecule has 5 nitrogen and oxygen atoms in total. The number of hydrogen-bond donors (Lipinski definition) is 1. The van der Waals surface area contributed by atoms with Crippen LogP contribution in [0.1, 0.15) is 12.2 Å². The number of nitrogens with one attached hydrogen (secondary N) is 1. The van der Waals surface area contributed by atoms with Gasteiger partial charge in [-0.2, -0.15) is 0 Å². The molecule has 0 unspecified atom stereocenters. The van der Waals surface area contributed by atoms with Gasteiger partial charge in [-0.3, -0.25) is 4.79 Å². The SMILES string of the molecule is COc1ccc(SCC(=O)NCCCOCc2ccco2)cc1. The van der Waals surface area contributed by atoms with E-state index in [1.165, 1.54) is 11.8 Å². The summed E-state index contributed by atoms with van der Waals surface area (Å²) in [6, 6.07) is 11.4. The molecule has 1 heterocycles. The fourth-order valence-electron chi connectivity index (χ4n) is 1.84. The van der Waals surface area contributed by atoms with Crippen LogP contribution in [-0.4, -0.2) is 31.9 Å². The minimum Gasteiger partial charge on any atom is -0.497 e. The Bertz CT molecular complexity index is 569. The molecule has 6 heteroatoms. The molecule has 1 N–H and O–H groups in total. The quantitative estimate of drug-likeness (QED) is 0.534. The summed E-state index contributed by atoms with van der Waals surface area (Å²) in [6.07, 6.45) is 2.40. The zero-order valence-corrected chi connectivity index (χ0v) is 13.9. The van der Waals surface area contributed by atoms with Crippen LogP contribution in [-0.2, 0) is 16.1 Å². The lowest BCUT2D eigenvalue weighted by Gasteiger charge is -2.06.